The highest BCUT2D eigenvalue weighted by atomic mass is 16.3. The number of hydrogen-bond acceptors (Lipinski definition) is 23. The summed E-state index contributed by atoms with van der Waals surface area (Å²) in [7, 11) is 0. The normalized spacial score (nSPS) is 13.9. The Morgan fingerprint density at radius 2 is 0.517 bits per heavy atom. The first-order valence-electron chi connectivity index (χ1n) is 37.3. The van der Waals surface area contributed by atoms with Gasteiger partial charge >= 0.3 is 0 Å². The molecule has 0 rings (SSSR count). The zero-order chi connectivity index (χ0) is 88.3. The van der Waals surface area contributed by atoms with E-state index in [2.05, 4.69) is 104 Å². The van der Waals surface area contributed by atoms with Crippen LogP contribution in [0, 0.1) is 11.8 Å². The minimum atomic E-state index is -1.80. The molecule has 14 amide bonds. The topological polar surface area (TPSA) is 918 Å². The molecule has 51 heteroatoms. The van der Waals surface area contributed by atoms with E-state index in [4.69, 9.17) is 91.7 Å². The van der Waals surface area contributed by atoms with Crippen LogP contribution in [0.4, 0.5) is 0 Å². The van der Waals surface area contributed by atoms with Crippen molar-refractivity contribution in [2.45, 2.75) is 204 Å². The maximum Gasteiger partial charge on any atom is 0.245 e. The van der Waals surface area contributed by atoms with Crippen molar-refractivity contribution in [1.29, 1.82) is 0 Å². The molecule has 0 saturated heterocycles. The predicted octanol–water partition coefficient (Wildman–Crippen LogP) is -14.9. The number of nitrogens with two attached hydrogens (primary N) is 16. The summed E-state index contributed by atoms with van der Waals surface area (Å²) in [6.07, 6.45) is -1.83. The van der Waals surface area contributed by atoms with Gasteiger partial charge in [-0.25, -0.2) is 0 Å². The average Bonchev–Trinajstić information content (AvgIpc) is 0.841. The molecule has 0 heterocycles. The molecule has 0 aromatic carbocycles. The number of carbonyl (C=O) groups is 14. The first-order chi connectivity index (χ1) is 54.4. The molecular formula is C65H126N36O15. The van der Waals surface area contributed by atoms with E-state index in [1.807, 2.05) is 0 Å². The first kappa shape index (κ1) is 103. The third-order valence-electron chi connectivity index (χ3n) is 16.4. The highest BCUT2D eigenvalue weighted by Gasteiger charge is 2.37. The number of carbonyl (C=O) groups excluding carboxylic acids is 14. The van der Waals surface area contributed by atoms with Gasteiger partial charge < -0.3 is 166 Å². The van der Waals surface area contributed by atoms with Gasteiger partial charge in [0.2, 0.25) is 82.7 Å². The van der Waals surface area contributed by atoms with Gasteiger partial charge in [-0.2, -0.15) is 0 Å². The highest BCUT2D eigenvalue weighted by Crippen LogP contribution is 2.13. The third kappa shape index (κ3) is 47.0. The number of aliphatic imine (C=N–C) groups is 7. The Hall–Kier alpha value is -12.6. The van der Waals surface area contributed by atoms with Crippen LogP contribution in [0.3, 0.4) is 0 Å². The molecule has 0 radical (unpaired) electrons. The summed E-state index contributed by atoms with van der Waals surface area (Å²) < 4.78 is 0. The lowest BCUT2D eigenvalue weighted by atomic mass is 9.99. The summed E-state index contributed by atoms with van der Waals surface area (Å²) in [5, 5.41) is 43.0. The van der Waals surface area contributed by atoms with Crippen LogP contribution in [-0.4, -0.2) is 268 Å². The highest BCUT2D eigenvalue weighted by molar-refractivity contribution is 6.00. The number of hydrogen-bond donors (Lipinski definition) is 30. The zero-order valence-electron chi connectivity index (χ0n) is 66.6. The maximum atomic E-state index is 14.7. The van der Waals surface area contributed by atoms with Crippen LogP contribution in [0.1, 0.15) is 131 Å². The quantitative estimate of drug-likeness (QED) is 0.0153. The fraction of sp³-hybridized carbons (Fsp3) is 0.677. The van der Waals surface area contributed by atoms with Gasteiger partial charge in [0.05, 0.1) is 31.8 Å². The second kappa shape index (κ2) is 56.6. The second-order valence-corrected chi connectivity index (χ2v) is 27.3. The monoisotopic (exact) mass is 1650 g/mol. The molecule has 0 unspecified atom stereocenters. The summed E-state index contributed by atoms with van der Waals surface area (Å²) in [6.45, 7) is 6.56. The van der Waals surface area contributed by atoms with Gasteiger partial charge in [-0.3, -0.25) is 102 Å². The fourth-order valence-electron chi connectivity index (χ4n) is 10.3. The number of amides is 14. The molecule has 656 valence electrons. The van der Waals surface area contributed by atoms with Gasteiger partial charge in [-0.1, -0.05) is 27.7 Å². The van der Waals surface area contributed by atoms with Gasteiger partial charge in [-0.05, 0) is 116 Å². The molecular weight excluding hydrogens is 1520 g/mol. The summed E-state index contributed by atoms with van der Waals surface area (Å²) in [5.41, 5.74) is 88.5. The smallest absolute Gasteiger partial charge is 0.245 e. The summed E-state index contributed by atoms with van der Waals surface area (Å²) in [5.74, 6) is -16.1. The van der Waals surface area contributed by atoms with Crippen molar-refractivity contribution in [1.82, 2.24) is 69.1 Å². The number of nitrogens with zero attached hydrogens (tertiary/aromatic N) is 7. The number of guanidine groups is 7. The van der Waals surface area contributed by atoms with Gasteiger partial charge in [0.25, 0.3) is 0 Å². The molecule has 0 bridgehead atoms. The average molecular weight is 1650 g/mol. The second-order valence-electron chi connectivity index (χ2n) is 27.3. The van der Waals surface area contributed by atoms with Crippen molar-refractivity contribution >= 4 is 124 Å². The van der Waals surface area contributed by atoms with Gasteiger partial charge in [0.1, 0.15) is 60.4 Å². The van der Waals surface area contributed by atoms with Crippen molar-refractivity contribution < 1.29 is 72.2 Å². The van der Waals surface area contributed by atoms with E-state index >= 15 is 0 Å². The summed E-state index contributed by atoms with van der Waals surface area (Å²) >= 11 is 0. The van der Waals surface area contributed by atoms with E-state index < -0.39 is 187 Å². The largest absolute Gasteiger partial charge is 0.391 e. The Labute approximate surface area is 671 Å². The van der Waals surface area contributed by atoms with Crippen molar-refractivity contribution in [2.75, 3.05) is 65.4 Å². The zero-order valence-corrected chi connectivity index (χ0v) is 66.6. The SMILES string of the molecule is CC(C)[C@H](NC(=O)[C@H](C)NC(=O)CNC(=O)CNC(=O)[C@@H](N)CCCN=C(N)N)C(=O)N[C@H](C(=O)N[C@H](C(=O)NCC(=O)N[C@@H](CCCN=C(N)N)C(=O)N[C@@H](CCCN=C(N)N)C(=O)N[C@@H](CCCN=C(N)N)C(=O)N[C@@H](CCCN=C(N)N)C(=O)N[C@@H](CCCN=C(N)N)C(=O)N[C@@H](CCCN=C(N)N)C(N)=O)[C@@H](C)O)C(C)C. The predicted molar refractivity (Wildman–Crippen MR) is 432 cm³/mol. The lowest BCUT2D eigenvalue weighted by Gasteiger charge is -2.29. The molecule has 0 aliphatic carbocycles. The van der Waals surface area contributed by atoms with E-state index in [-0.39, 0.29) is 171 Å². The summed E-state index contributed by atoms with van der Waals surface area (Å²) in [4.78, 5) is 219. The Kier molecular flexibility index (Phi) is 50.4. The van der Waals surface area contributed by atoms with E-state index in [0.29, 0.717) is 6.42 Å². The number of aliphatic hydroxyl groups excluding tert-OH is 1. The van der Waals surface area contributed by atoms with E-state index in [0.717, 1.165) is 6.92 Å². The van der Waals surface area contributed by atoms with E-state index in [9.17, 15) is 72.2 Å². The Balaban J connectivity index is 6.98. The molecule has 51 nitrogen and oxygen atoms in total. The van der Waals surface area contributed by atoms with Crippen LogP contribution in [-0.2, 0) is 67.1 Å². The molecule has 0 spiro atoms. The molecule has 0 aromatic rings. The summed E-state index contributed by atoms with van der Waals surface area (Å²) in [6, 6.07) is -15.8. The lowest BCUT2D eigenvalue weighted by molar-refractivity contribution is -0.137. The number of nitrogens with one attached hydrogen (secondary N) is 13. The number of rotatable bonds is 58. The standard InChI is InChI=1S/C65H126N36O15/c1-31(2)45(99-49(107)33(5)92-43(104)29-89-42(103)28-90-50(108)35(66)14-7-21-82-59(68)69)57(115)100-46(32(3)4)58(116)101-47(34(6)102)56(114)91-30-44(105)93-37(16-9-23-84-61(72)73)51(109)95-39(18-11-25-86-63(76)77)53(111)97-41(20-13-27-88-65(80)81)55(113)98-40(19-12-26-87-64(78)79)54(112)96-38(17-10-24-85-62(74)75)52(110)94-36(48(67)106)15-8-22-83-60(70)71/h31-41,45-47,102H,7-30,66H2,1-6H3,(H2,67,106)(H,89,103)(H,90,108)(H,91,114)(H,92,104)(H,93,105)(H,94,110)(H,95,109)(H,96,112)(H,97,111)(H,98,113)(H,99,107)(H,100,115)(H,101,116)(H4,68,69,82)(H4,70,71,83)(H4,72,73,84)(H4,74,75,85)(H4,76,77,86)(H4,78,79,87)(H4,80,81,88)/t33-,34+,35-,36-,37-,38-,39-,40-,41-,45-,46-,47-/m0/s1. The van der Waals surface area contributed by atoms with Crippen LogP contribution < -0.4 is 161 Å². The van der Waals surface area contributed by atoms with Gasteiger partial charge in [-0.15, -0.1) is 0 Å². The lowest BCUT2D eigenvalue weighted by Crippen LogP contribution is -2.62. The number of aliphatic hydroxyl groups is 1. The van der Waals surface area contributed by atoms with Crippen molar-refractivity contribution in [2.24, 2.45) is 139 Å². The molecule has 0 aliphatic heterocycles. The van der Waals surface area contributed by atoms with E-state index in [1.165, 1.54) is 20.8 Å². The number of primary amides is 1. The molecule has 0 saturated carbocycles. The van der Waals surface area contributed by atoms with Gasteiger partial charge in [0.15, 0.2) is 41.7 Å². The van der Waals surface area contributed by atoms with Crippen molar-refractivity contribution in [3.8, 4) is 0 Å². The fourth-order valence-corrected chi connectivity index (χ4v) is 10.3. The van der Waals surface area contributed by atoms with E-state index in [1.54, 1.807) is 13.8 Å². The molecule has 0 aliphatic rings. The van der Waals surface area contributed by atoms with Crippen molar-refractivity contribution in [3.05, 3.63) is 0 Å². The molecule has 0 aromatic heterocycles. The minimum Gasteiger partial charge on any atom is -0.391 e. The van der Waals surface area contributed by atoms with Crippen LogP contribution in [0.5, 0.6) is 0 Å². The van der Waals surface area contributed by atoms with Gasteiger partial charge in [0, 0.05) is 45.8 Å². The molecule has 0 fully saturated rings. The Bertz CT molecular complexity index is 3430. The van der Waals surface area contributed by atoms with Crippen LogP contribution in [0.2, 0.25) is 0 Å². The van der Waals surface area contributed by atoms with Crippen LogP contribution in [0.15, 0.2) is 34.9 Å². The first-order valence-corrected chi connectivity index (χ1v) is 37.3. The maximum absolute atomic E-state index is 14.7. The third-order valence-corrected chi connectivity index (χ3v) is 16.4. The molecule has 46 N–H and O–H groups in total. The van der Waals surface area contributed by atoms with Crippen molar-refractivity contribution in [3.63, 3.8) is 0 Å². The minimum absolute atomic E-state index is 0.00390. The molecule has 116 heavy (non-hydrogen) atoms. The Morgan fingerprint density at radius 3 is 0.819 bits per heavy atom. The van der Waals surface area contributed by atoms with Crippen LogP contribution in [0.25, 0.3) is 0 Å². The molecule has 12 atom stereocenters. The van der Waals surface area contributed by atoms with Crippen LogP contribution >= 0.6 is 0 Å². The Morgan fingerprint density at radius 1 is 0.267 bits per heavy atom.